The minimum absolute atomic E-state index is 0.120. The fourth-order valence-corrected chi connectivity index (χ4v) is 3.24. The lowest BCUT2D eigenvalue weighted by atomic mass is 9.87. The van der Waals surface area contributed by atoms with Crippen molar-refractivity contribution >= 4 is 11.8 Å². The van der Waals surface area contributed by atoms with E-state index in [-0.39, 0.29) is 24.1 Å². The molecule has 1 saturated carbocycles. The molecule has 1 unspecified atom stereocenters. The van der Waals surface area contributed by atoms with E-state index in [1.807, 2.05) is 0 Å². The second-order valence-electron chi connectivity index (χ2n) is 6.89. The Morgan fingerprint density at radius 2 is 1.74 bits per heavy atom. The molecule has 8 heteroatoms. The molecule has 0 bridgehead atoms. The van der Waals surface area contributed by atoms with Gasteiger partial charge in [-0.1, -0.05) is 31.4 Å². The standard InChI is InChI=1S/C19H25F3N2O3/c1-13(15-7-9-16(10-8-15)27-19(20,21)22)24-18(26)12-23-17(25)11-14-5-3-2-4-6-14/h7-10,13-14H,2-6,11-12H2,1H3,(H,23,25)(H,24,26). The van der Waals surface area contributed by atoms with Crippen molar-refractivity contribution in [3.05, 3.63) is 29.8 Å². The second-order valence-corrected chi connectivity index (χ2v) is 6.89. The highest BCUT2D eigenvalue weighted by molar-refractivity contribution is 5.84. The van der Waals surface area contributed by atoms with Gasteiger partial charge in [-0.25, -0.2) is 0 Å². The zero-order valence-corrected chi connectivity index (χ0v) is 15.3. The molecule has 1 fully saturated rings. The van der Waals surface area contributed by atoms with E-state index in [1.54, 1.807) is 6.92 Å². The van der Waals surface area contributed by atoms with Crippen molar-refractivity contribution in [3.8, 4) is 5.75 Å². The molecule has 1 aliphatic carbocycles. The van der Waals surface area contributed by atoms with Gasteiger partial charge >= 0.3 is 6.36 Å². The smallest absolute Gasteiger partial charge is 0.406 e. The summed E-state index contributed by atoms with van der Waals surface area (Å²) < 4.78 is 40.3. The van der Waals surface area contributed by atoms with Crippen LogP contribution in [0.15, 0.2) is 24.3 Å². The van der Waals surface area contributed by atoms with Crippen LogP contribution in [-0.4, -0.2) is 24.7 Å². The third-order valence-electron chi connectivity index (χ3n) is 4.64. The van der Waals surface area contributed by atoms with Gasteiger partial charge in [-0.3, -0.25) is 9.59 Å². The number of carbonyl (C=O) groups is 2. The van der Waals surface area contributed by atoms with Gasteiger partial charge in [0.1, 0.15) is 5.75 Å². The molecule has 1 aromatic carbocycles. The van der Waals surface area contributed by atoms with Crippen molar-refractivity contribution in [2.45, 2.75) is 57.9 Å². The summed E-state index contributed by atoms with van der Waals surface area (Å²) in [5.41, 5.74) is 0.631. The van der Waals surface area contributed by atoms with Gasteiger partial charge in [0.05, 0.1) is 12.6 Å². The van der Waals surface area contributed by atoms with E-state index in [9.17, 15) is 22.8 Å². The Morgan fingerprint density at radius 1 is 1.11 bits per heavy atom. The summed E-state index contributed by atoms with van der Waals surface area (Å²) in [4.78, 5) is 23.9. The summed E-state index contributed by atoms with van der Waals surface area (Å²) in [6.45, 7) is 1.59. The predicted molar refractivity (Wildman–Crippen MR) is 93.9 cm³/mol. The Balaban J connectivity index is 1.73. The summed E-state index contributed by atoms with van der Waals surface area (Å²) in [5.74, 6) is -0.397. The molecule has 1 aliphatic rings. The predicted octanol–water partition coefficient (Wildman–Crippen LogP) is 3.85. The van der Waals surface area contributed by atoms with Gasteiger partial charge < -0.3 is 15.4 Å². The lowest BCUT2D eigenvalue weighted by Gasteiger charge is -2.21. The summed E-state index contributed by atoms with van der Waals surface area (Å²) in [7, 11) is 0. The lowest BCUT2D eigenvalue weighted by Crippen LogP contribution is -2.38. The minimum Gasteiger partial charge on any atom is -0.406 e. The molecular weight excluding hydrogens is 361 g/mol. The number of nitrogens with one attached hydrogen (secondary N) is 2. The van der Waals surface area contributed by atoms with Crippen LogP contribution in [0.2, 0.25) is 0 Å². The van der Waals surface area contributed by atoms with E-state index in [1.165, 1.54) is 30.7 Å². The van der Waals surface area contributed by atoms with E-state index in [0.717, 1.165) is 25.7 Å². The molecule has 2 amide bonds. The van der Waals surface area contributed by atoms with Gasteiger partial charge in [-0.15, -0.1) is 13.2 Å². The van der Waals surface area contributed by atoms with Gasteiger partial charge in [0, 0.05) is 6.42 Å². The normalized spacial score (nSPS) is 16.4. The van der Waals surface area contributed by atoms with Gasteiger partial charge in [-0.2, -0.15) is 0 Å². The molecule has 0 aromatic heterocycles. The highest BCUT2D eigenvalue weighted by atomic mass is 19.4. The number of amides is 2. The van der Waals surface area contributed by atoms with Crippen molar-refractivity contribution < 1.29 is 27.5 Å². The van der Waals surface area contributed by atoms with Crippen molar-refractivity contribution in [2.75, 3.05) is 6.54 Å². The number of rotatable bonds is 7. The highest BCUT2D eigenvalue weighted by Crippen LogP contribution is 2.26. The Hall–Kier alpha value is -2.25. The zero-order valence-electron chi connectivity index (χ0n) is 15.3. The Bertz CT molecular complexity index is 626. The quantitative estimate of drug-likeness (QED) is 0.748. The molecule has 0 radical (unpaired) electrons. The summed E-state index contributed by atoms with van der Waals surface area (Å²) >= 11 is 0. The second kappa shape index (κ2) is 9.62. The van der Waals surface area contributed by atoms with Crippen LogP contribution in [0.5, 0.6) is 5.75 Å². The SMILES string of the molecule is CC(NC(=O)CNC(=O)CC1CCCCC1)c1ccc(OC(F)(F)F)cc1. The fraction of sp³-hybridized carbons (Fsp3) is 0.579. The van der Waals surface area contributed by atoms with Crippen LogP contribution >= 0.6 is 0 Å². The topological polar surface area (TPSA) is 67.4 Å². The molecule has 1 atom stereocenters. The third-order valence-corrected chi connectivity index (χ3v) is 4.64. The van der Waals surface area contributed by atoms with E-state index >= 15 is 0 Å². The average molecular weight is 386 g/mol. The molecule has 5 nitrogen and oxygen atoms in total. The van der Waals surface area contributed by atoms with Crippen molar-refractivity contribution in [3.63, 3.8) is 0 Å². The maximum absolute atomic E-state index is 12.2. The molecule has 0 spiro atoms. The van der Waals surface area contributed by atoms with Crippen LogP contribution in [0.3, 0.4) is 0 Å². The van der Waals surface area contributed by atoms with Gasteiger partial charge in [-0.05, 0) is 43.4 Å². The molecule has 1 aromatic rings. The maximum Gasteiger partial charge on any atom is 0.573 e. The Kier molecular flexibility index (Phi) is 7.50. The largest absolute Gasteiger partial charge is 0.573 e. The number of hydrogen-bond acceptors (Lipinski definition) is 3. The molecule has 0 saturated heterocycles. The molecular formula is C19H25F3N2O3. The maximum atomic E-state index is 12.2. The van der Waals surface area contributed by atoms with Gasteiger partial charge in [0.15, 0.2) is 0 Å². The first-order chi connectivity index (χ1) is 12.7. The van der Waals surface area contributed by atoms with Crippen LogP contribution in [0.4, 0.5) is 13.2 Å². The van der Waals surface area contributed by atoms with Crippen molar-refractivity contribution in [1.29, 1.82) is 0 Å². The van der Waals surface area contributed by atoms with Gasteiger partial charge in [0.25, 0.3) is 0 Å². The summed E-state index contributed by atoms with van der Waals surface area (Å²) in [5, 5.41) is 5.33. The Morgan fingerprint density at radius 3 is 2.33 bits per heavy atom. The van der Waals surface area contributed by atoms with E-state index in [0.29, 0.717) is 17.9 Å². The van der Waals surface area contributed by atoms with E-state index < -0.39 is 12.4 Å². The Labute approximate surface area is 156 Å². The van der Waals surface area contributed by atoms with E-state index in [4.69, 9.17) is 0 Å². The minimum atomic E-state index is -4.74. The monoisotopic (exact) mass is 386 g/mol. The average Bonchev–Trinajstić information content (AvgIpc) is 2.60. The van der Waals surface area contributed by atoms with Crippen molar-refractivity contribution in [2.24, 2.45) is 5.92 Å². The number of ether oxygens (including phenoxy) is 1. The fourth-order valence-electron chi connectivity index (χ4n) is 3.24. The number of halogens is 3. The highest BCUT2D eigenvalue weighted by Gasteiger charge is 2.31. The molecule has 2 N–H and O–H groups in total. The van der Waals surface area contributed by atoms with Gasteiger partial charge in [0.2, 0.25) is 11.8 Å². The van der Waals surface area contributed by atoms with Crippen LogP contribution in [0, 0.1) is 5.92 Å². The summed E-state index contributed by atoms with van der Waals surface area (Å²) in [6.07, 6.45) is 1.36. The molecule has 27 heavy (non-hydrogen) atoms. The van der Waals surface area contributed by atoms with Crippen molar-refractivity contribution in [1.82, 2.24) is 10.6 Å². The molecule has 150 valence electrons. The zero-order chi connectivity index (χ0) is 19.9. The molecule has 0 aliphatic heterocycles. The number of carbonyl (C=O) groups excluding carboxylic acids is 2. The van der Waals surface area contributed by atoms with Crippen LogP contribution in [0.1, 0.15) is 57.1 Å². The third kappa shape index (κ3) is 7.88. The first kappa shape index (κ1) is 21.1. The van der Waals surface area contributed by atoms with Crippen LogP contribution in [0.25, 0.3) is 0 Å². The number of alkyl halides is 3. The summed E-state index contributed by atoms with van der Waals surface area (Å²) in [6, 6.07) is 4.88. The first-order valence-electron chi connectivity index (χ1n) is 9.14. The molecule has 0 heterocycles. The first-order valence-corrected chi connectivity index (χ1v) is 9.14. The number of hydrogen-bond donors (Lipinski definition) is 2. The number of benzene rings is 1. The van der Waals surface area contributed by atoms with Crippen LogP contribution in [-0.2, 0) is 9.59 Å². The van der Waals surface area contributed by atoms with E-state index in [2.05, 4.69) is 15.4 Å². The lowest BCUT2D eigenvalue weighted by molar-refractivity contribution is -0.274. The van der Waals surface area contributed by atoms with Crippen LogP contribution < -0.4 is 15.4 Å². The molecule has 2 rings (SSSR count).